The molecule has 154 valence electrons. The van der Waals surface area contributed by atoms with Crippen molar-refractivity contribution < 1.29 is 9.59 Å². The molecule has 0 spiro atoms. The lowest BCUT2D eigenvalue weighted by atomic mass is 10.0. The number of hydrogen-bond donors (Lipinski definition) is 1. The predicted molar refractivity (Wildman–Crippen MR) is 122 cm³/mol. The van der Waals surface area contributed by atoms with Gasteiger partial charge in [-0.15, -0.1) is 0 Å². The summed E-state index contributed by atoms with van der Waals surface area (Å²) in [5.41, 5.74) is 2.39. The molecule has 1 heterocycles. The van der Waals surface area contributed by atoms with Crippen molar-refractivity contribution in [3.63, 3.8) is 0 Å². The predicted octanol–water partition coefficient (Wildman–Crippen LogP) is 5.54. The van der Waals surface area contributed by atoms with Gasteiger partial charge in [0.2, 0.25) is 0 Å². The minimum Gasteiger partial charge on any atom is -0.385 e. The van der Waals surface area contributed by atoms with Gasteiger partial charge in [-0.1, -0.05) is 36.4 Å². The van der Waals surface area contributed by atoms with Crippen molar-refractivity contribution in [2.75, 3.05) is 18.4 Å². The summed E-state index contributed by atoms with van der Waals surface area (Å²) in [4.78, 5) is 27.3. The van der Waals surface area contributed by atoms with E-state index in [4.69, 9.17) is 0 Å². The molecule has 3 aromatic carbocycles. The topological polar surface area (TPSA) is 49.4 Å². The lowest BCUT2D eigenvalue weighted by Gasteiger charge is -2.33. The van der Waals surface area contributed by atoms with E-state index in [-0.39, 0.29) is 11.7 Å². The average Bonchev–Trinajstić information content (AvgIpc) is 2.79. The van der Waals surface area contributed by atoms with Crippen LogP contribution < -0.4 is 5.32 Å². The van der Waals surface area contributed by atoms with Gasteiger partial charge in [-0.05, 0) is 67.3 Å². The maximum absolute atomic E-state index is 12.7. The molecule has 1 amide bonds. The number of rotatable bonds is 6. The summed E-state index contributed by atoms with van der Waals surface area (Å²) in [6.45, 7) is 3.53. The van der Waals surface area contributed by atoms with E-state index < -0.39 is 0 Å². The molecule has 4 nitrogen and oxygen atoms in total. The zero-order chi connectivity index (χ0) is 20.9. The Morgan fingerprint density at radius 1 is 0.933 bits per heavy atom. The number of piperidine rings is 1. The highest BCUT2D eigenvalue weighted by atomic mass is 16.2. The second-order valence-electron chi connectivity index (χ2n) is 8.08. The SMILES string of the molecule is CC1CCCCN1C(=O)c1ccc(NCCC(=O)c2ccc3ccccc3c2)cc1. The van der Waals surface area contributed by atoms with Crippen LogP contribution in [-0.2, 0) is 0 Å². The Hall–Kier alpha value is -3.14. The molecule has 1 aliphatic rings. The van der Waals surface area contributed by atoms with Crippen LogP contribution in [0.2, 0.25) is 0 Å². The molecule has 4 heteroatoms. The third-order valence-electron chi connectivity index (χ3n) is 5.95. The molecule has 30 heavy (non-hydrogen) atoms. The highest BCUT2D eigenvalue weighted by Crippen LogP contribution is 2.20. The van der Waals surface area contributed by atoms with E-state index in [1.165, 1.54) is 6.42 Å². The van der Waals surface area contributed by atoms with Crippen molar-refractivity contribution in [1.82, 2.24) is 4.90 Å². The van der Waals surface area contributed by atoms with Crippen molar-refractivity contribution >= 4 is 28.2 Å². The molecular formula is C26H28N2O2. The number of benzene rings is 3. The maximum Gasteiger partial charge on any atom is 0.254 e. The van der Waals surface area contributed by atoms with Gasteiger partial charge in [0, 0.05) is 42.4 Å². The van der Waals surface area contributed by atoms with E-state index in [2.05, 4.69) is 12.2 Å². The molecule has 1 saturated heterocycles. The van der Waals surface area contributed by atoms with E-state index >= 15 is 0 Å². The summed E-state index contributed by atoms with van der Waals surface area (Å²) in [5.74, 6) is 0.236. The molecule has 1 atom stereocenters. The highest BCUT2D eigenvalue weighted by Gasteiger charge is 2.23. The molecule has 0 bridgehead atoms. The number of anilines is 1. The van der Waals surface area contributed by atoms with Crippen molar-refractivity contribution in [1.29, 1.82) is 0 Å². The summed E-state index contributed by atoms with van der Waals surface area (Å²) in [7, 11) is 0. The molecule has 0 aromatic heterocycles. The second-order valence-corrected chi connectivity index (χ2v) is 8.08. The zero-order valence-electron chi connectivity index (χ0n) is 17.4. The zero-order valence-corrected chi connectivity index (χ0v) is 17.4. The van der Waals surface area contributed by atoms with E-state index in [0.717, 1.165) is 47.0 Å². The fraction of sp³-hybridized carbons (Fsp3) is 0.308. The quantitative estimate of drug-likeness (QED) is 0.553. The molecule has 1 fully saturated rings. The van der Waals surface area contributed by atoms with Crippen LogP contribution in [0.1, 0.15) is 53.3 Å². The summed E-state index contributed by atoms with van der Waals surface area (Å²) < 4.78 is 0. The summed E-state index contributed by atoms with van der Waals surface area (Å²) in [6, 6.07) is 21.8. The lowest BCUT2D eigenvalue weighted by molar-refractivity contribution is 0.0635. The van der Waals surface area contributed by atoms with Gasteiger partial charge in [-0.2, -0.15) is 0 Å². The lowest BCUT2D eigenvalue weighted by Crippen LogP contribution is -2.41. The summed E-state index contributed by atoms with van der Waals surface area (Å²) in [5, 5.41) is 5.51. The van der Waals surface area contributed by atoms with Crippen LogP contribution in [-0.4, -0.2) is 35.7 Å². The number of nitrogens with one attached hydrogen (secondary N) is 1. The normalized spacial score (nSPS) is 16.4. The number of Topliss-reactive ketones (excluding diaryl/α,β-unsaturated/α-hetero) is 1. The van der Waals surface area contributed by atoms with Crippen LogP contribution in [0, 0.1) is 0 Å². The molecule has 1 N–H and O–H groups in total. The van der Waals surface area contributed by atoms with Crippen LogP contribution in [0.4, 0.5) is 5.69 Å². The van der Waals surface area contributed by atoms with Crippen LogP contribution in [0.15, 0.2) is 66.7 Å². The molecule has 0 aliphatic carbocycles. The highest BCUT2D eigenvalue weighted by molar-refractivity contribution is 6.00. The van der Waals surface area contributed by atoms with E-state index in [1.807, 2.05) is 71.6 Å². The first-order valence-corrected chi connectivity index (χ1v) is 10.8. The number of amides is 1. The Balaban J connectivity index is 1.31. The van der Waals surface area contributed by atoms with Crippen LogP contribution in [0.25, 0.3) is 10.8 Å². The van der Waals surface area contributed by atoms with Crippen LogP contribution in [0.5, 0.6) is 0 Å². The minimum absolute atomic E-state index is 0.111. The first-order chi connectivity index (χ1) is 14.6. The van der Waals surface area contributed by atoms with E-state index in [0.29, 0.717) is 19.0 Å². The first-order valence-electron chi connectivity index (χ1n) is 10.8. The van der Waals surface area contributed by atoms with Gasteiger partial charge in [0.05, 0.1) is 0 Å². The Labute approximate surface area is 177 Å². The third-order valence-corrected chi connectivity index (χ3v) is 5.95. The van der Waals surface area contributed by atoms with Gasteiger partial charge in [0.1, 0.15) is 0 Å². The standard InChI is InChI=1S/C26H28N2O2/c1-19-6-4-5-17-28(19)26(30)21-11-13-24(14-12-21)27-16-15-25(29)23-10-9-20-7-2-3-8-22(20)18-23/h2-3,7-14,18-19,27H,4-6,15-17H2,1H3. The van der Waals surface area contributed by atoms with Crippen molar-refractivity contribution in [2.24, 2.45) is 0 Å². The summed E-state index contributed by atoms with van der Waals surface area (Å²) >= 11 is 0. The smallest absolute Gasteiger partial charge is 0.254 e. The largest absolute Gasteiger partial charge is 0.385 e. The molecule has 1 aliphatic heterocycles. The summed E-state index contributed by atoms with van der Waals surface area (Å²) in [6.07, 6.45) is 3.79. The Bertz CT molecular complexity index is 1040. The Morgan fingerprint density at radius 2 is 1.67 bits per heavy atom. The van der Waals surface area contributed by atoms with Crippen molar-refractivity contribution in [3.8, 4) is 0 Å². The Morgan fingerprint density at radius 3 is 2.43 bits per heavy atom. The molecule has 1 unspecified atom stereocenters. The van der Waals surface area contributed by atoms with Gasteiger partial charge in [0.15, 0.2) is 5.78 Å². The molecule has 4 rings (SSSR count). The van der Waals surface area contributed by atoms with E-state index in [9.17, 15) is 9.59 Å². The fourth-order valence-corrected chi connectivity index (χ4v) is 4.12. The number of fused-ring (bicyclic) bond motifs is 1. The average molecular weight is 401 g/mol. The molecule has 0 saturated carbocycles. The third kappa shape index (κ3) is 4.54. The van der Waals surface area contributed by atoms with Crippen LogP contribution >= 0.6 is 0 Å². The van der Waals surface area contributed by atoms with Gasteiger partial charge >= 0.3 is 0 Å². The van der Waals surface area contributed by atoms with Gasteiger partial charge in [-0.3, -0.25) is 9.59 Å². The number of likely N-dealkylation sites (tertiary alicyclic amines) is 1. The second kappa shape index (κ2) is 9.12. The van der Waals surface area contributed by atoms with Crippen molar-refractivity contribution in [2.45, 2.75) is 38.6 Å². The number of carbonyl (C=O) groups is 2. The number of ketones is 1. The maximum atomic E-state index is 12.7. The monoisotopic (exact) mass is 400 g/mol. The number of carbonyl (C=O) groups excluding carboxylic acids is 2. The molecule has 0 radical (unpaired) electrons. The number of hydrogen-bond acceptors (Lipinski definition) is 3. The van der Waals surface area contributed by atoms with Crippen LogP contribution in [0.3, 0.4) is 0 Å². The van der Waals surface area contributed by atoms with Gasteiger partial charge in [0.25, 0.3) is 5.91 Å². The minimum atomic E-state index is 0.111. The fourth-order valence-electron chi connectivity index (χ4n) is 4.12. The van der Waals surface area contributed by atoms with E-state index in [1.54, 1.807) is 0 Å². The van der Waals surface area contributed by atoms with Gasteiger partial charge < -0.3 is 10.2 Å². The molecular weight excluding hydrogens is 372 g/mol. The Kier molecular flexibility index (Phi) is 6.12. The first kappa shape index (κ1) is 20.1. The van der Waals surface area contributed by atoms with Crippen molar-refractivity contribution in [3.05, 3.63) is 77.9 Å². The number of nitrogens with zero attached hydrogens (tertiary/aromatic N) is 1. The molecule has 3 aromatic rings. The van der Waals surface area contributed by atoms with Gasteiger partial charge in [-0.25, -0.2) is 0 Å².